The molecule has 2 bridgehead atoms. The Morgan fingerprint density at radius 2 is 1.67 bits per heavy atom. The number of benzene rings is 1. The fraction of sp³-hybridized carbons (Fsp3) is 0.500. The molecule has 1 amide bonds. The SMILES string of the molecule is O=C(O)N1[C@@H]2CC[C@H]1C[C@@](Cc1ccccc1)(C(=O)O)C2. The third-order valence-electron chi connectivity index (χ3n) is 4.93. The van der Waals surface area contributed by atoms with Gasteiger partial charge in [0, 0.05) is 12.1 Å². The number of carboxylic acids is 1. The normalized spacial score (nSPS) is 31.1. The van der Waals surface area contributed by atoms with Crippen LogP contribution in [0.15, 0.2) is 30.3 Å². The predicted octanol–water partition coefficient (Wildman–Crippen LogP) is 2.60. The zero-order chi connectivity index (χ0) is 15.0. The van der Waals surface area contributed by atoms with E-state index in [0.29, 0.717) is 19.3 Å². The van der Waals surface area contributed by atoms with E-state index in [0.717, 1.165) is 18.4 Å². The number of rotatable bonds is 3. The van der Waals surface area contributed by atoms with Crippen molar-refractivity contribution in [2.75, 3.05) is 0 Å². The number of carboxylic acid groups (broad SMARTS) is 2. The van der Waals surface area contributed by atoms with Gasteiger partial charge in [-0.2, -0.15) is 0 Å². The third-order valence-corrected chi connectivity index (χ3v) is 4.93. The van der Waals surface area contributed by atoms with Crippen molar-refractivity contribution in [3.05, 3.63) is 35.9 Å². The highest BCUT2D eigenvalue weighted by Gasteiger charge is 2.53. The first kappa shape index (κ1) is 13.9. The second-order valence-corrected chi connectivity index (χ2v) is 6.23. The Bertz CT molecular complexity index is 543. The number of hydrogen-bond donors (Lipinski definition) is 2. The molecule has 3 atom stereocenters. The Morgan fingerprint density at radius 3 is 2.14 bits per heavy atom. The standard InChI is InChI=1S/C16H19NO4/c18-14(19)16(8-11-4-2-1-3-5-11)9-12-6-7-13(10-16)17(12)15(20)21/h1-5,12-13H,6-10H2,(H,18,19)(H,20,21)/t12-,13+,16+. The van der Waals surface area contributed by atoms with E-state index in [9.17, 15) is 19.8 Å². The molecule has 0 radical (unpaired) electrons. The van der Waals surface area contributed by atoms with Crippen LogP contribution in [0.5, 0.6) is 0 Å². The van der Waals surface area contributed by atoms with Crippen LogP contribution in [-0.2, 0) is 11.2 Å². The van der Waals surface area contributed by atoms with Crippen LogP contribution in [0, 0.1) is 5.41 Å². The fourth-order valence-corrected chi connectivity index (χ4v) is 4.04. The first-order valence-corrected chi connectivity index (χ1v) is 7.30. The lowest BCUT2D eigenvalue weighted by atomic mass is 9.71. The summed E-state index contributed by atoms with van der Waals surface area (Å²) in [6.45, 7) is 0. The average Bonchev–Trinajstić information content (AvgIpc) is 2.73. The molecule has 2 N–H and O–H groups in total. The van der Waals surface area contributed by atoms with Crippen molar-refractivity contribution in [1.29, 1.82) is 0 Å². The number of nitrogens with zero attached hydrogens (tertiary/aromatic N) is 1. The van der Waals surface area contributed by atoms with Gasteiger partial charge >= 0.3 is 12.1 Å². The molecule has 0 aromatic heterocycles. The lowest BCUT2D eigenvalue weighted by Crippen LogP contribution is -2.53. The predicted molar refractivity (Wildman–Crippen MR) is 76.1 cm³/mol. The summed E-state index contributed by atoms with van der Waals surface area (Å²) in [5, 5.41) is 19.1. The Morgan fingerprint density at radius 1 is 1.10 bits per heavy atom. The van der Waals surface area contributed by atoms with Gasteiger partial charge in [0.1, 0.15) is 0 Å². The van der Waals surface area contributed by atoms with Crippen LogP contribution in [0.4, 0.5) is 4.79 Å². The largest absolute Gasteiger partial charge is 0.481 e. The minimum Gasteiger partial charge on any atom is -0.481 e. The molecule has 0 aliphatic carbocycles. The molecule has 0 spiro atoms. The van der Waals surface area contributed by atoms with Gasteiger partial charge in [-0.15, -0.1) is 0 Å². The molecule has 1 aromatic rings. The number of amides is 1. The van der Waals surface area contributed by atoms with E-state index < -0.39 is 17.5 Å². The molecule has 3 rings (SSSR count). The molecule has 0 saturated carbocycles. The van der Waals surface area contributed by atoms with E-state index in [4.69, 9.17) is 0 Å². The highest BCUT2D eigenvalue weighted by atomic mass is 16.4. The molecular weight excluding hydrogens is 270 g/mol. The Hall–Kier alpha value is -2.04. The summed E-state index contributed by atoms with van der Waals surface area (Å²) in [5.74, 6) is -0.798. The molecule has 2 saturated heterocycles. The molecule has 2 fully saturated rings. The quantitative estimate of drug-likeness (QED) is 0.896. The molecule has 0 unspecified atom stereocenters. The number of aliphatic carboxylic acids is 1. The van der Waals surface area contributed by atoms with Gasteiger partial charge in [0.2, 0.25) is 0 Å². The number of piperidine rings is 1. The summed E-state index contributed by atoms with van der Waals surface area (Å²) in [6.07, 6.45) is 1.95. The van der Waals surface area contributed by atoms with E-state index in [-0.39, 0.29) is 12.1 Å². The van der Waals surface area contributed by atoms with Gasteiger partial charge in [0.05, 0.1) is 5.41 Å². The highest BCUT2D eigenvalue weighted by Crippen LogP contribution is 2.47. The van der Waals surface area contributed by atoms with Crippen LogP contribution in [0.25, 0.3) is 0 Å². The van der Waals surface area contributed by atoms with Gasteiger partial charge < -0.3 is 15.1 Å². The Labute approximate surface area is 123 Å². The fourth-order valence-electron chi connectivity index (χ4n) is 4.04. The number of hydrogen-bond acceptors (Lipinski definition) is 2. The van der Waals surface area contributed by atoms with Crippen LogP contribution < -0.4 is 0 Å². The summed E-state index contributed by atoms with van der Waals surface area (Å²) in [4.78, 5) is 24.7. The summed E-state index contributed by atoms with van der Waals surface area (Å²) in [6, 6.07) is 9.31. The molecule has 2 aliphatic rings. The van der Waals surface area contributed by atoms with Crippen molar-refractivity contribution in [1.82, 2.24) is 4.90 Å². The molecule has 112 valence electrons. The number of carbonyl (C=O) groups is 2. The third kappa shape index (κ3) is 2.37. The maximum Gasteiger partial charge on any atom is 0.407 e. The van der Waals surface area contributed by atoms with Crippen LogP contribution >= 0.6 is 0 Å². The van der Waals surface area contributed by atoms with Crippen LogP contribution in [0.3, 0.4) is 0 Å². The lowest BCUT2D eigenvalue weighted by molar-refractivity contribution is -0.153. The molecule has 21 heavy (non-hydrogen) atoms. The van der Waals surface area contributed by atoms with Gasteiger partial charge in [-0.05, 0) is 37.7 Å². The topological polar surface area (TPSA) is 77.8 Å². The zero-order valence-corrected chi connectivity index (χ0v) is 11.7. The maximum absolute atomic E-state index is 11.9. The van der Waals surface area contributed by atoms with Gasteiger partial charge in [-0.3, -0.25) is 4.79 Å². The smallest absolute Gasteiger partial charge is 0.407 e. The van der Waals surface area contributed by atoms with Crippen molar-refractivity contribution < 1.29 is 19.8 Å². The van der Waals surface area contributed by atoms with Crippen molar-refractivity contribution in [3.8, 4) is 0 Å². The van der Waals surface area contributed by atoms with Crippen LogP contribution in [0.2, 0.25) is 0 Å². The molecule has 5 heteroatoms. The first-order valence-electron chi connectivity index (χ1n) is 7.30. The van der Waals surface area contributed by atoms with Gasteiger partial charge in [-0.1, -0.05) is 30.3 Å². The van der Waals surface area contributed by atoms with Crippen molar-refractivity contribution in [2.45, 2.75) is 44.2 Å². The minimum atomic E-state index is -0.916. The Balaban J connectivity index is 1.88. The van der Waals surface area contributed by atoms with Gasteiger partial charge in [-0.25, -0.2) is 4.79 Å². The average molecular weight is 289 g/mol. The molecular formula is C16H19NO4. The monoisotopic (exact) mass is 289 g/mol. The van der Waals surface area contributed by atoms with E-state index >= 15 is 0 Å². The highest BCUT2D eigenvalue weighted by molar-refractivity contribution is 5.76. The van der Waals surface area contributed by atoms with Crippen molar-refractivity contribution >= 4 is 12.1 Å². The molecule has 2 heterocycles. The van der Waals surface area contributed by atoms with Crippen molar-refractivity contribution in [2.24, 2.45) is 5.41 Å². The summed E-state index contributed by atoms with van der Waals surface area (Å²) < 4.78 is 0. The van der Waals surface area contributed by atoms with E-state index in [1.807, 2.05) is 30.3 Å². The lowest BCUT2D eigenvalue weighted by Gasteiger charge is -2.43. The zero-order valence-electron chi connectivity index (χ0n) is 11.7. The molecule has 2 aliphatic heterocycles. The van der Waals surface area contributed by atoms with Crippen LogP contribution in [-0.4, -0.2) is 39.3 Å². The number of fused-ring (bicyclic) bond motifs is 2. The van der Waals surface area contributed by atoms with E-state index in [1.54, 1.807) is 0 Å². The van der Waals surface area contributed by atoms with E-state index in [1.165, 1.54) is 4.90 Å². The van der Waals surface area contributed by atoms with Gasteiger partial charge in [0.15, 0.2) is 0 Å². The second kappa shape index (κ2) is 5.06. The van der Waals surface area contributed by atoms with Crippen LogP contribution in [0.1, 0.15) is 31.2 Å². The Kier molecular flexibility index (Phi) is 3.35. The molecule has 1 aromatic carbocycles. The minimum absolute atomic E-state index is 0.152. The summed E-state index contributed by atoms with van der Waals surface area (Å²) in [5.41, 5.74) is 0.169. The molecule has 5 nitrogen and oxygen atoms in total. The van der Waals surface area contributed by atoms with E-state index in [2.05, 4.69) is 0 Å². The second-order valence-electron chi connectivity index (χ2n) is 6.23. The first-order chi connectivity index (χ1) is 10.0. The summed E-state index contributed by atoms with van der Waals surface area (Å²) in [7, 11) is 0. The van der Waals surface area contributed by atoms with Crippen molar-refractivity contribution in [3.63, 3.8) is 0 Å². The maximum atomic E-state index is 11.9. The summed E-state index contributed by atoms with van der Waals surface area (Å²) >= 11 is 0. The van der Waals surface area contributed by atoms with Gasteiger partial charge in [0.25, 0.3) is 0 Å².